The summed E-state index contributed by atoms with van der Waals surface area (Å²) in [6.07, 6.45) is 38.1. The normalized spacial score (nSPS) is 11.2. The molecular weight excluding hydrogens is 588 g/mol. The van der Waals surface area contributed by atoms with Crippen LogP contribution in [-0.2, 0) is 0 Å². The first-order chi connectivity index (χ1) is 23.7. The first-order valence-electron chi connectivity index (χ1n) is 20.7. The van der Waals surface area contributed by atoms with Gasteiger partial charge in [0, 0.05) is 11.1 Å². The average Bonchev–Trinajstić information content (AvgIpc) is 3.12. The zero-order valence-electron chi connectivity index (χ0n) is 31.6. The molecule has 0 aliphatic heterocycles. The average molecular weight is 663 g/mol. The van der Waals surface area contributed by atoms with Crippen LogP contribution in [-0.4, -0.2) is 19.0 Å². The summed E-state index contributed by atoms with van der Waals surface area (Å²) < 4.78 is 11.9. The Morgan fingerprint density at radius 1 is 0.354 bits per heavy atom. The number of hydrogen-bond acceptors (Lipinski definition) is 3. The second kappa shape index (κ2) is 30.7. The van der Waals surface area contributed by atoms with Crippen molar-refractivity contribution in [3.8, 4) is 11.5 Å². The zero-order chi connectivity index (χ0) is 34.2. The SMILES string of the molecule is CCCCCCCCCCCCCCCCOc1ccc(C(=O)c2ccc(OCCCCCCCCCCCCCCCC)cc2)cc1. The lowest BCUT2D eigenvalue weighted by molar-refractivity contribution is 0.103. The molecule has 2 rings (SSSR count). The Morgan fingerprint density at radius 2 is 0.583 bits per heavy atom. The second-order valence-corrected chi connectivity index (χ2v) is 14.3. The highest BCUT2D eigenvalue weighted by Gasteiger charge is 2.10. The van der Waals surface area contributed by atoms with E-state index in [0.717, 1.165) is 37.6 Å². The standard InChI is InChI=1S/C45H74O3/c1-3-5-7-9-11-13-15-17-19-21-23-25-27-29-39-47-43-35-31-41(32-36-43)45(46)42-33-37-44(38-34-42)48-40-30-28-26-24-22-20-18-16-14-12-10-8-6-4-2/h31-38H,3-30,39-40H2,1-2H3. The largest absolute Gasteiger partial charge is 0.494 e. The van der Waals surface area contributed by atoms with E-state index < -0.39 is 0 Å². The van der Waals surface area contributed by atoms with E-state index >= 15 is 0 Å². The van der Waals surface area contributed by atoms with Crippen molar-refractivity contribution in [1.29, 1.82) is 0 Å². The summed E-state index contributed by atoms with van der Waals surface area (Å²) in [7, 11) is 0. The Morgan fingerprint density at radius 3 is 0.833 bits per heavy atom. The van der Waals surface area contributed by atoms with E-state index in [1.165, 1.54) is 167 Å². The van der Waals surface area contributed by atoms with Crippen LogP contribution in [0, 0.1) is 0 Å². The molecule has 0 N–H and O–H groups in total. The summed E-state index contributed by atoms with van der Waals surface area (Å²) in [4.78, 5) is 13.0. The highest BCUT2D eigenvalue weighted by Crippen LogP contribution is 2.20. The van der Waals surface area contributed by atoms with Crippen LogP contribution in [0.15, 0.2) is 48.5 Å². The van der Waals surface area contributed by atoms with Crippen molar-refractivity contribution in [2.75, 3.05) is 13.2 Å². The summed E-state index contributed by atoms with van der Waals surface area (Å²) in [5.41, 5.74) is 1.38. The van der Waals surface area contributed by atoms with E-state index in [9.17, 15) is 4.79 Å². The minimum absolute atomic E-state index is 0.0343. The third-order valence-corrected chi connectivity index (χ3v) is 9.77. The van der Waals surface area contributed by atoms with Gasteiger partial charge in [-0.25, -0.2) is 0 Å². The molecule has 0 heterocycles. The maximum Gasteiger partial charge on any atom is 0.193 e. The number of ketones is 1. The fraction of sp³-hybridized carbons (Fsp3) is 0.711. The lowest BCUT2D eigenvalue weighted by atomic mass is 10.0. The molecule has 0 fully saturated rings. The van der Waals surface area contributed by atoms with Gasteiger partial charge in [-0.2, -0.15) is 0 Å². The van der Waals surface area contributed by atoms with Gasteiger partial charge in [0.2, 0.25) is 0 Å². The van der Waals surface area contributed by atoms with E-state index in [2.05, 4.69) is 13.8 Å². The molecule has 2 aromatic carbocycles. The van der Waals surface area contributed by atoms with Crippen LogP contribution in [0.25, 0.3) is 0 Å². The molecule has 272 valence electrons. The molecule has 0 saturated carbocycles. The van der Waals surface area contributed by atoms with Gasteiger partial charge in [0.05, 0.1) is 13.2 Å². The van der Waals surface area contributed by atoms with Crippen LogP contribution in [0.1, 0.15) is 210 Å². The molecule has 3 heteroatoms. The van der Waals surface area contributed by atoms with E-state index in [4.69, 9.17) is 9.47 Å². The van der Waals surface area contributed by atoms with E-state index in [-0.39, 0.29) is 5.78 Å². The highest BCUT2D eigenvalue weighted by molar-refractivity contribution is 6.09. The van der Waals surface area contributed by atoms with Gasteiger partial charge in [0.25, 0.3) is 0 Å². The zero-order valence-corrected chi connectivity index (χ0v) is 31.6. The van der Waals surface area contributed by atoms with Gasteiger partial charge in [-0.05, 0) is 61.4 Å². The van der Waals surface area contributed by atoms with Crippen molar-refractivity contribution in [2.24, 2.45) is 0 Å². The van der Waals surface area contributed by atoms with Gasteiger partial charge in [-0.15, -0.1) is 0 Å². The fourth-order valence-corrected chi connectivity index (χ4v) is 6.54. The smallest absolute Gasteiger partial charge is 0.193 e. The molecule has 0 radical (unpaired) electrons. The molecule has 48 heavy (non-hydrogen) atoms. The molecular formula is C45H74O3. The molecule has 0 amide bonds. The van der Waals surface area contributed by atoms with E-state index in [0.29, 0.717) is 11.1 Å². The Bertz CT molecular complexity index is 901. The maximum absolute atomic E-state index is 13.0. The monoisotopic (exact) mass is 663 g/mol. The van der Waals surface area contributed by atoms with Crippen molar-refractivity contribution in [3.05, 3.63) is 59.7 Å². The first-order valence-corrected chi connectivity index (χ1v) is 20.7. The Kier molecular flexibility index (Phi) is 26.8. The van der Waals surface area contributed by atoms with Crippen LogP contribution in [0.2, 0.25) is 0 Å². The summed E-state index contributed by atoms with van der Waals surface area (Å²) in [6.45, 7) is 6.06. The van der Waals surface area contributed by atoms with Crippen LogP contribution < -0.4 is 9.47 Å². The topological polar surface area (TPSA) is 35.5 Å². The molecule has 0 bridgehead atoms. The van der Waals surface area contributed by atoms with Crippen molar-refractivity contribution in [3.63, 3.8) is 0 Å². The third-order valence-electron chi connectivity index (χ3n) is 9.77. The fourth-order valence-electron chi connectivity index (χ4n) is 6.54. The third kappa shape index (κ3) is 22.4. The van der Waals surface area contributed by atoms with Crippen molar-refractivity contribution in [1.82, 2.24) is 0 Å². The van der Waals surface area contributed by atoms with E-state index in [1.54, 1.807) is 0 Å². The predicted molar refractivity (Wildman–Crippen MR) is 208 cm³/mol. The molecule has 0 saturated heterocycles. The molecule has 0 aliphatic carbocycles. The molecule has 3 nitrogen and oxygen atoms in total. The van der Waals surface area contributed by atoms with Gasteiger partial charge in [-0.3, -0.25) is 4.79 Å². The van der Waals surface area contributed by atoms with Gasteiger partial charge < -0.3 is 9.47 Å². The number of carbonyl (C=O) groups is 1. The number of ether oxygens (including phenoxy) is 2. The molecule has 0 atom stereocenters. The van der Waals surface area contributed by atoms with Crippen LogP contribution >= 0.6 is 0 Å². The summed E-state index contributed by atoms with van der Waals surface area (Å²) in [5.74, 6) is 1.72. The first kappa shape index (κ1) is 41.9. The Balaban J connectivity index is 1.44. The number of rotatable bonds is 34. The molecule has 0 aromatic heterocycles. The van der Waals surface area contributed by atoms with Gasteiger partial charge in [0.15, 0.2) is 5.78 Å². The molecule has 0 spiro atoms. The minimum atomic E-state index is 0.0343. The molecule has 0 aliphatic rings. The molecule has 0 unspecified atom stereocenters. The molecule has 2 aromatic rings. The number of hydrogen-bond donors (Lipinski definition) is 0. The van der Waals surface area contributed by atoms with Gasteiger partial charge in [0.1, 0.15) is 11.5 Å². The number of carbonyl (C=O) groups excluding carboxylic acids is 1. The minimum Gasteiger partial charge on any atom is -0.494 e. The lowest BCUT2D eigenvalue weighted by Crippen LogP contribution is -2.03. The van der Waals surface area contributed by atoms with Crippen LogP contribution in [0.5, 0.6) is 11.5 Å². The van der Waals surface area contributed by atoms with Gasteiger partial charge >= 0.3 is 0 Å². The summed E-state index contributed by atoms with van der Waals surface area (Å²) in [6, 6.07) is 15.2. The quantitative estimate of drug-likeness (QED) is 0.0552. The van der Waals surface area contributed by atoms with Crippen molar-refractivity contribution in [2.45, 2.75) is 194 Å². The summed E-state index contributed by atoms with van der Waals surface area (Å²) in [5, 5.41) is 0. The Hall–Kier alpha value is -2.29. The van der Waals surface area contributed by atoms with Crippen molar-refractivity contribution >= 4 is 5.78 Å². The highest BCUT2D eigenvalue weighted by atomic mass is 16.5. The number of benzene rings is 2. The predicted octanol–water partition coefficient (Wildman–Crippen LogP) is 14.6. The Labute approximate surface area is 297 Å². The van der Waals surface area contributed by atoms with Crippen LogP contribution in [0.3, 0.4) is 0 Å². The van der Waals surface area contributed by atoms with Crippen molar-refractivity contribution < 1.29 is 14.3 Å². The van der Waals surface area contributed by atoms with Gasteiger partial charge in [-0.1, -0.05) is 181 Å². The summed E-state index contributed by atoms with van der Waals surface area (Å²) >= 11 is 0. The second-order valence-electron chi connectivity index (χ2n) is 14.3. The maximum atomic E-state index is 13.0. The van der Waals surface area contributed by atoms with E-state index in [1.807, 2.05) is 48.5 Å². The number of unbranched alkanes of at least 4 members (excludes halogenated alkanes) is 26. The van der Waals surface area contributed by atoms with Crippen LogP contribution in [0.4, 0.5) is 0 Å². The lowest BCUT2D eigenvalue weighted by Gasteiger charge is -2.09.